The van der Waals surface area contributed by atoms with Gasteiger partial charge >= 0.3 is 0 Å². The van der Waals surface area contributed by atoms with E-state index in [1.54, 1.807) is 12.1 Å². The highest BCUT2D eigenvalue weighted by atomic mass is 32.2. The number of hydrogen-bond acceptors (Lipinski definition) is 5. The SMILES string of the molecule is Cc1cc(C#N)ccc1CSc1nc2cc(N)ccc2o1. The maximum atomic E-state index is 8.87. The molecule has 4 nitrogen and oxygen atoms in total. The van der Waals surface area contributed by atoms with Crippen molar-refractivity contribution < 1.29 is 4.42 Å². The second-order valence-electron chi connectivity index (χ2n) is 4.75. The maximum absolute atomic E-state index is 8.87. The molecular weight excluding hydrogens is 282 g/mol. The fourth-order valence-corrected chi connectivity index (χ4v) is 2.97. The van der Waals surface area contributed by atoms with Crippen LogP contribution in [0.2, 0.25) is 0 Å². The predicted molar refractivity (Wildman–Crippen MR) is 83.9 cm³/mol. The van der Waals surface area contributed by atoms with Crippen LogP contribution >= 0.6 is 11.8 Å². The van der Waals surface area contributed by atoms with Crippen molar-refractivity contribution in [2.75, 3.05) is 5.73 Å². The van der Waals surface area contributed by atoms with Crippen molar-refractivity contribution in [3.63, 3.8) is 0 Å². The van der Waals surface area contributed by atoms with Crippen LogP contribution in [-0.4, -0.2) is 4.98 Å². The summed E-state index contributed by atoms with van der Waals surface area (Å²) in [6, 6.07) is 13.3. The Hall–Kier alpha value is -2.45. The Morgan fingerprint density at radius 2 is 2.14 bits per heavy atom. The summed E-state index contributed by atoms with van der Waals surface area (Å²) >= 11 is 1.53. The Morgan fingerprint density at radius 3 is 2.90 bits per heavy atom. The first kappa shape index (κ1) is 13.5. The van der Waals surface area contributed by atoms with Crippen LogP contribution in [0.1, 0.15) is 16.7 Å². The van der Waals surface area contributed by atoms with Crippen LogP contribution in [0.25, 0.3) is 11.1 Å². The summed E-state index contributed by atoms with van der Waals surface area (Å²) in [5.41, 5.74) is 10.9. The first-order chi connectivity index (χ1) is 10.2. The van der Waals surface area contributed by atoms with Crippen LogP contribution in [0.5, 0.6) is 0 Å². The third-order valence-corrected chi connectivity index (χ3v) is 4.09. The van der Waals surface area contributed by atoms with E-state index in [9.17, 15) is 0 Å². The molecule has 3 rings (SSSR count). The van der Waals surface area contributed by atoms with Crippen molar-refractivity contribution in [1.82, 2.24) is 4.98 Å². The van der Waals surface area contributed by atoms with E-state index in [2.05, 4.69) is 11.1 Å². The Bertz CT molecular complexity index is 848. The molecule has 0 aliphatic rings. The van der Waals surface area contributed by atoms with E-state index in [4.69, 9.17) is 15.4 Å². The number of aromatic nitrogens is 1. The number of nitriles is 1. The summed E-state index contributed by atoms with van der Waals surface area (Å²) in [5.74, 6) is 0.750. The smallest absolute Gasteiger partial charge is 0.257 e. The van der Waals surface area contributed by atoms with Crippen LogP contribution in [0, 0.1) is 18.3 Å². The molecule has 0 atom stereocenters. The fourth-order valence-electron chi connectivity index (χ4n) is 2.05. The maximum Gasteiger partial charge on any atom is 0.257 e. The number of hydrogen-bond donors (Lipinski definition) is 1. The van der Waals surface area contributed by atoms with Gasteiger partial charge in [-0.1, -0.05) is 17.8 Å². The summed E-state index contributed by atoms with van der Waals surface area (Å²) in [6.07, 6.45) is 0. The average Bonchev–Trinajstić information content (AvgIpc) is 2.87. The van der Waals surface area contributed by atoms with Crippen molar-refractivity contribution in [2.24, 2.45) is 0 Å². The van der Waals surface area contributed by atoms with Gasteiger partial charge in [-0.2, -0.15) is 5.26 Å². The lowest BCUT2D eigenvalue weighted by molar-refractivity contribution is 0.489. The van der Waals surface area contributed by atoms with Gasteiger partial charge in [0.25, 0.3) is 5.22 Å². The number of nitrogens with two attached hydrogens (primary N) is 1. The van der Waals surface area contributed by atoms with Crippen LogP contribution in [0.4, 0.5) is 5.69 Å². The number of thioether (sulfide) groups is 1. The lowest BCUT2D eigenvalue weighted by Crippen LogP contribution is -1.88. The minimum Gasteiger partial charge on any atom is -0.431 e. The minimum atomic E-state index is 0.624. The molecule has 1 heterocycles. The molecule has 0 aliphatic heterocycles. The predicted octanol–water partition coefficient (Wildman–Crippen LogP) is 3.88. The Kier molecular flexibility index (Phi) is 3.55. The normalized spacial score (nSPS) is 10.7. The van der Waals surface area contributed by atoms with Gasteiger partial charge < -0.3 is 10.2 Å². The number of nitrogen functional groups attached to an aromatic ring is 1. The second kappa shape index (κ2) is 5.51. The largest absolute Gasteiger partial charge is 0.431 e. The van der Waals surface area contributed by atoms with E-state index >= 15 is 0 Å². The highest BCUT2D eigenvalue weighted by molar-refractivity contribution is 7.98. The number of rotatable bonds is 3. The zero-order valence-electron chi connectivity index (χ0n) is 11.5. The Morgan fingerprint density at radius 1 is 1.29 bits per heavy atom. The quantitative estimate of drug-likeness (QED) is 0.586. The van der Waals surface area contributed by atoms with Gasteiger partial charge in [0, 0.05) is 11.4 Å². The standard InChI is InChI=1S/C16H13N3OS/c1-10-6-11(8-17)2-3-12(10)9-21-16-19-14-7-13(18)4-5-15(14)20-16/h2-7H,9,18H2,1H3. The summed E-state index contributed by atoms with van der Waals surface area (Å²) < 4.78 is 5.67. The van der Waals surface area contributed by atoms with E-state index in [0.717, 1.165) is 22.4 Å². The minimum absolute atomic E-state index is 0.624. The molecule has 1 aromatic heterocycles. The first-order valence-electron chi connectivity index (χ1n) is 6.44. The summed E-state index contributed by atoms with van der Waals surface area (Å²) in [6.45, 7) is 2.00. The molecular formula is C16H13N3OS. The molecule has 0 fully saturated rings. The van der Waals surface area contributed by atoms with E-state index in [1.807, 2.05) is 31.2 Å². The lowest BCUT2D eigenvalue weighted by atomic mass is 10.1. The number of aryl methyl sites for hydroxylation is 1. The van der Waals surface area contributed by atoms with Gasteiger partial charge in [0.05, 0.1) is 11.6 Å². The molecule has 2 N–H and O–H groups in total. The number of nitrogens with zero attached hydrogens (tertiary/aromatic N) is 2. The Balaban J connectivity index is 1.78. The molecule has 3 aromatic rings. The van der Waals surface area contributed by atoms with Crippen molar-refractivity contribution >= 4 is 28.5 Å². The highest BCUT2D eigenvalue weighted by Gasteiger charge is 2.08. The van der Waals surface area contributed by atoms with E-state index in [1.165, 1.54) is 17.3 Å². The zero-order chi connectivity index (χ0) is 14.8. The van der Waals surface area contributed by atoms with Gasteiger partial charge in [-0.3, -0.25) is 0 Å². The molecule has 0 spiro atoms. The van der Waals surface area contributed by atoms with Crippen molar-refractivity contribution in [1.29, 1.82) is 5.26 Å². The van der Waals surface area contributed by atoms with Gasteiger partial charge in [-0.15, -0.1) is 0 Å². The average molecular weight is 295 g/mol. The molecule has 0 amide bonds. The Labute approximate surface area is 126 Å². The molecule has 0 aliphatic carbocycles. The van der Waals surface area contributed by atoms with Crippen molar-refractivity contribution in [2.45, 2.75) is 17.9 Å². The van der Waals surface area contributed by atoms with Crippen LogP contribution in [-0.2, 0) is 5.75 Å². The summed E-state index contributed by atoms with van der Waals surface area (Å²) in [4.78, 5) is 4.42. The van der Waals surface area contributed by atoms with Crippen LogP contribution in [0.15, 0.2) is 46.0 Å². The number of oxazole rings is 1. The number of fused-ring (bicyclic) bond motifs is 1. The molecule has 0 bridgehead atoms. The third-order valence-electron chi connectivity index (χ3n) is 3.21. The number of benzene rings is 2. The fraction of sp³-hybridized carbons (Fsp3) is 0.125. The highest BCUT2D eigenvalue weighted by Crippen LogP contribution is 2.28. The van der Waals surface area contributed by atoms with E-state index < -0.39 is 0 Å². The van der Waals surface area contributed by atoms with E-state index in [0.29, 0.717) is 16.5 Å². The summed E-state index contributed by atoms with van der Waals surface area (Å²) in [5, 5.41) is 9.50. The van der Waals surface area contributed by atoms with Crippen LogP contribution in [0.3, 0.4) is 0 Å². The van der Waals surface area contributed by atoms with E-state index in [-0.39, 0.29) is 0 Å². The molecule has 2 aromatic carbocycles. The zero-order valence-corrected chi connectivity index (χ0v) is 12.3. The molecule has 0 saturated heterocycles. The van der Waals surface area contributed by atoms with Gasteiger partial charge in [-0.05, 0) is 48.4 Å². The second-order valence-corrected chi connectivity index (χ2v) is 5.68. The van der Waals surface area contributed by atoms with Gasteiger partial charge in [0.15, 0.2) is 5.58 Å². The molecule has 0 radical (unpaired) electrons. The monoisotopic (exact) mass is 295 g/mol. The lowest BCUT2D eigenvalue weighted by Gasteiger charge is -2.03. The molecule has 104 valence electrons. The molecule has 5 heteroatoms. The molecule has 0 saturated carbocycles. The van der Waals surface area contributed by atoms with Crippen LogP contribution < -0.4 is 5.73 Å². The van der Waals surface area contributed by atoms with Gasteiger partial charge in [0.2, 0.25) is 0 Å². The van der Waals surface area contributed by atoms with Crippen molar-refractivity contribution in [3.05, 3.63) is 53.1 Å². The first-order valence-corrected chi connectivity index (χ1v) is 7.43. The van der Waals surface area contributed by atoms with Crippen molar-refractivity contribution in [3.8, 4) is 6.07 Å². The molecule has 21 heavy (non-hydrogen) atoms. The topological polar surface area (TPSA) is 75.8 Å². The third kappa shape index (κ3) is 2.86. The number of anilines is 1. The summed E-state index contributed by atoms with van der Waals surface area (Å²) in [7, 11) is 0. The van der Waals surface area contributed by atoms with Gasteiger partial charge in [0.1, 0.15) is 5.52 Å². The molecule has 0 unspecified atom stereocenters. The van der Waals surface area contributed by atoms with Gasteiger partial charge in [-0.25, -0.2) is 4.98 Å².